The maximum atomic E-state index is 11.9. The minimum atomic E-state index is -0.256. The number of nitrogens with one attached hydrogen (secondary N) is 1. The lowest BCUT2D eigenvalue weighted by atomic mass is 10.1. The predicted octanol–water partition coefficient (Wildman–Crippen LogP) is 2.59. The Bertz CT molecular complexity index is 595. The maximum Gasteiger partial charge on any atom is 0.252 e. The van der Waals surface area contributed by atoms with Gasteiger partial charge >= 0.3 is 0 Å². The Morgan fingerprint density at radius 2 is 1.94 bits per heavy atom. The van der Waals surface area contributed by atoms with E-state index in [1.165, 1.54) is 0 Å². The van der Waals surface area contributed by atoms with Gasteiger partial charge in [-0.1, -0.05) is 36.3 Å². The lowest BCUT2D eigenvalue weighted by Crippen LogP contribution is -2.31. The van der Waals surface area contributed by atoms with Gasteiger partial charge in [-0.15, -0.1) is 6.42 Å². The number of carbonyl (C=O) groups is 1. The first kappa shape index (κ1) is 11.2. The highest BCUT2D eigenvalue weighted by Gasteiger charge is 2.07. The molecule has 1 N–H and O–H groups in total. The summed E-state index contributed by atoms with van der Waals surface area (Å²) >= 11 is 0. The van der Waals surface area contributed by atoms with Crippen LogP contribution in [0, 0.1) is 12.3 Å². The monoisotopic (exact) mass is 223 g/mol. The average molecular weight is 223 g/mol. The lowest BCUT2D eigenvalue weighted by molar-refractivity contribution is 0.0948. The molecule has 0 aliphatic heterocycles. The first-order chi connectivity index (χ1) is 8.20. The van der Waals surface area contributed by atoms with Crippen molar-refractivity contribution in [3.63, 3.8) is 0 Å². The molecule has 1 atom stereocenters. The number of hydrogen-bond acceptors (Lipinski definition) is 1. The van der Waals surface area contributed by atoms with Crippen LogP contribution < -0.4 is 5.32 Å². The third kappa shape index (κ3) is 2.46. The number of fused-ring (bicyclic) bond motifs is 1. The Morgan fingerprint density at radius 1 is 1.24 bits per heavy atom. The molecule has 0 aromatic heterocycles. The van der Waals surface area contributed by atoms with E-state index in [9.17, 15) is 4.79 Å². The SMILES string of the molecule is C#CC(C)NC(=O)c1ccc2ccccc2c1. The molecule has 1 unspecified atom stereocenters. The van der Waals surface area contributed by atoms with Gasteiger partial charge in [-0.3, -0.25) is 4.79 Å². The summed E-state index contributed by atoms with van der Waals surface area (Å²) in [6.07, 6.45) is 5.22. The Labute approximate surface area is 101 Å². The van der Waals surface area contributed by atoms with Gasteiger partial charge in [0, 0.05) is 5.56 Å². The molecule has 1 amide bonds. The van der Waals surface area contributed by atoms with Gasteiger partial charge in [0.2, 0.25) is 0 Å². The zero-order valence-electron chi connectivity index (χ0n) is 9.60. The molecule has 2 nitrogen and oxygen atoms in total. The van der Waals surface area contributed by atoms with Gasteiger partial charge < -0.3 is 5.32 Å². The van der Waals surface area contributed by atoms with Crippen molar-refractivity contribution in [2.24, 2.45) is 0 Å². The Hall–Kier alpha value is -2.27. The summed E-state index contributed by atoms with van der Waals surface area (Å²) in [4.78, 5) is 11.9. The highest BCUT2D eigenvalue weighted by Crippen LogP contribution is 2.15. The van der Waals surface area contributed by atoms with Crippen LogP contribution in [0.1, 0.15) is 17.3 Å². The first-order valence-corrected chi connectivity index (χ1v) is 5.46. The Kier molecular flexibility index (Phi) is 3.11. The van der Waals surface area contributed by atoms with Crippen LogP contribution in [0.4, 0.5) is 0 Å². The minimum Gasteiger partial charge on any atom is -0.339 e. The summed E-state index contributed by atoms with van der Waals surface area (Å²) in [5.41, 5.74) is 0.630. The molecule has 0 fully saturated rings. The third-order valence-electron chi connectivity index (χ3n) is 2.61. The number of carbonyl (C=O) groups excluding carboxylic acids is 1. The van der Waals surface area contributed by atoms with Crippen molar-refractivity contribution < 1.29 is 4.79 Å². The van der Waals surface area contributed by atoms with Crippen LogP contribution in [-0.2, 0) is 0 Å². The molecule has 2 aromatic carbocycles. The van der Waals surface area contributed by atoms with E-state index in [2.05, 4.69) is 11.2 Å². The number of benzene rings is 2. The molecule has 0 aliphatic rings. The topological polar surface area (TPSA) is 29.1 Å². The van der Waals surface area contributed by atoms with Crippen LogP contribution >= 0.6 is 0 Å². The summed E-state index contributed by atoms with van der Waals surface area (Å²) < 4.78 is 0. The van der Waals surface area contributed by atoms with E-state index >= 15 is 0 Å². The molecule has 0 saturated heterocycles. The molecule has 2 aromatic rings. The van der Waals surface area contributed by atoms with Gasteiger partial charge in [0.1, 0.15) is 0 Å². The van der Waals surface area contributed by atoms with Crippen molar-refractivity contribution in [1.82, 2.24) is 5.32 Å². The molecular formula is C15H13NO. The van der Waals surface area contributed by atoms with E-state index in [-0.39, 0.29) is 11.9 Å². The van der Waals surface area contributed by atoms with Gasteiger partial charge in [0.05, 0.1) is 6.04 Å². The average Bonchev–Trinajstić information content (AvgIpc) is 2.38. The normalized spacial score (nSPS) is 11.8. The van der Waals surface area contributed by atoms with Crippen molar-refractivity contribution in [2.75, 3.05) is 0 Å². The molecule has 0 heterocycles. The fourth-order valence-electron chi connectivity index (χ4n) is 1.65. The quantitative estimate of drug-likeness (QED) is 0.779. The molecule has 0 saturated carbocycles. The molecule has 84 valence electrons. The van der Waals surface area contributed by atoms with Crippen LogP contribution in [0.2, 0.25) is 0 Å². The molecule has 17 heavy (non-hydrogen) atoms. The molecule has 2 rings (SSSR count). The van der Waals surface area contributed by atoms with Gasteiger partial charge in [-0.25, -0.2) is 0 Å². The summed E-state index contributed by atoms with van der Waals surface area (Å²) in [6.45, 7) is 1.78. The Balaban J connectivity index is 2.31. The fourth-order valence-corrected chi connectivity index (χ4v) is 1.65. The lowest BCUT2D eigenvalue weighted by Gasteiger charge is -2.08. The van der Waals surface area contributed by atoms with Crippen LogP contribution in [-0.4, -0.2) is 11.9 Å². The predicted molar refractivity (Wildman–Crippen MR) is 69.7 cm³/mol. The van der Waals surface area contributed by atoms with Crippen molar-refractivity contribution in [1.29, 1.82) is 0 Å². The van der Waals surface area contributed by atoms with E-state index in [1.54, 1.807) is 13.0 Å². The van der Waals surface area contributed by atoms with Gasteiger partial charge in [-0.05, 0) is 29.8 Å². The molecule has 0 bridgehead atoms. The van der Waals surface area contributed by atoms with Crippen molar-refractivity contribution >= 4 is 16.7 Å². The summed E-state index contributed by atoms with van der Waals surface area (Å²) in [7, 11) is 0. The maximum absolute atomic E-state index is 11.9. The Morgan fingerprint density at radius 3 is 2.65 bits per heavy atom. The van der Waals surface area contributed by atoms with Crippen molar-refractivity contribution in [3.8, 4) is 12.3 Å². The molecule has 2 heteroatoms. The minimum absolute atomic E-state index is 0.138. The van der Waals surface area contributed by atoms with Crippen LogP contribution in [0.15, 0.2) is 42.5 Å². The van der Waals surface area contributed by atoms with Crippen molar-refractivity contribution in [2.45, 2.75) is 13.0 Å². The van der Waals surface area contributed by atoms with Crippen LogP contribution in [0.3, 0.4) is 0 Å². The zero-order chi connectivity index (χ0) is 12.3. The van der Waals surface area contributed by atoms with Crippen molar-refractivity contribution in [3.05, 3.63) is 48.0 Å². The smallest absolute Gasteiger partial charge is 0.252 e. The second-order valence-electron chi connectivity index (χ2n) is 3.92. The second kappa shape index (κ2) is 4.71. The molecular weight excluding hydrogens is 210 g/mol. The van der Waals surface area contributed by atoms with E-state index in [4.69, 9.17) is 6.42 Å². The van der Waals surface area contributed by atoms with Crippen LogP contribution in [0.25, 0.3) is 10.8 Å². The van der Waals surface area contributed by atoms with Gasteiger partial charge in [0.15, 0.2) is 0 Å². The summed E-state index contributed by atoms with van der Waals surface area (Å²) in [6, 6.07) is 13.3. The standard InChI is InChI=1S/C15H13NO/c1-3-11(2)16-15(17)14-9-8-12-6-4-5-7-13(12)10-14/h1,4-11H,2H3,(H,16,17). The third-order valence-corrected chi connectivity index (χ3v) is 2.61. The fraction of sp³-hybridized carbons (Fsp3) is 0.133. The zero-order valence-corrected chi connectivity index (χ0v) is 9.60. The molecule has 0 aliphatic carbocycles. The largest absolute Gasteiger partial charge is 0.339 e. The second-order valence-corrected chi connectivity index (χ2v) is 3.92. The number of amides is 1. The van der Waals surface area contributed by atoms with Crippen LogP contribution in [0.5, 0.6) is 0 Å². The number of rotatable bonds is 2. The van der Waals surface area contributed by atoms with E-state index < -0.39 is 0 Å². The van der Waals surface area contributed by atoms with Gasteiger partial charge in [0.25, 0.3) is 5.91 Å². The molecule has 0 radical (unpaired) electrons. The number of hydrogen-bond donors (Lipinski definition) is 1. The molecule has 0 spiro atoms. The first-order valence-electron chi connectivity index (χ1n) is 5.46. The highest BCUT2D eigenvalue weighted by atomic mass is 16.1. The summed E-state index contributed by atoms with van der Waals surface area (Å²) in [5, 5.41) is 4.90. The van der Waals surface area contributed by atoms with E-state index in [1.807, 2.05) is 36.4 Å². The van der Waals surface area contributed by atoms with E-state index in [0.717, 1.165) is 10.8 Å². The summed E-state index contributed by atoms with van der Waals surface area (Å²) in [5.74, 6) is 2.33. The van der Waals surface area contributed by atoms with Gasteiger partial charge in [-0.2, -0.15) is 0 Å². The number of terminal acetylenes is 1. The van der Waals surface area contributed by atoms with E-state index in [0.29, 0.717) is 5.56 Å². The highest BCUT2D eigenvalue weighted by molar-refractivity contribution is 5.98.